The molecule has 1 aliphatic rings. The first-order valence-electron chi connectivity index (χ1n) is 7.37. The van der Waals surface area contributed by atoms with Crippen molar-refractivity contribution in [2.45, 2.75) is 13.0 Å². The molecular formula is C16H18BrN3OS. The molecule has 22 heavy (non-hydrogen) atoms. The number of pyridine rings is 1. The summed E-state index contributed by atoms with van der Waals surface area (Å²) in [7, 11) is 0. The average Bonchev–Trinajstić information content (AvgIpc) is 2.91. The second-order valence-electron chi connectivity index (χ2n) is 5.39. The zero-order valence-corrected chi connectivity index (χ0v) is 14.6. The van der Waals surface area contributed by atoms with Gasteiger partial charge < -0.3 is 4.90 Å². The van der Waals surface area contributed by atoms with Crippen LogP contribution in [0.5, 0.6) is 0 Å². The Bertz CT molecular complexity index is 632. The highest BCUT2D eigenvalue weighted by atomic mass is 79.9. The van der Waals surface area contributed by atoms with Crippen molar-refractivity contribution in [3.8, 4) is 0 Å². The highest BCUT2D eigenvalue weighted by Gasteiger charge is 2.20. The minimum Gasteiger partial charge on any atom is -0.337 e. The van der Waals surface area contributed by atoms with Crippen molar-refractivity contribution in [3.63, 3.8) is 0 Å². The summed E-state index contributed by atoms with van der Waals surface area (Å²) in [6.07, 6.45) is 4.35. The lowest BCUT2D eigenvalue weighted by atomic mass is 10.2. The van der Waals surface area contributed by atoms with Gasteiger partial charge in [0, 0.05) is 54.5 Å². The van der Waals surface area contributed by atoms with Crippen LogP contribution in [0.1, 0.15) is 21.7 Å². The van der Waals surface area contributed by atoms with Crippen LogP contribution in [-0.2, 0) is 6.54 Å². The van der Waals surface area contributed by atoms with E-state index in [4.69, 9.17) is 0 Å². The number of hydrogen-bond acceptors (Lipinski definition) is 4. The third kappa shape index (κ3) is 3.94. The first-order chi connectivity index (χ1) is 10.7. The van der Waals surface area contributed by atoms with Gasteiger partial charge in [0.2, 0.25) is 0 Å². The van der Waals surface area contributed by atoms with Crippen molar-refractivity contribution in [2.75, 3.05) is 26.2 Å². The predicted molar refractivity (Wildman–Crippen MR) is 92.1 cm³/mol. The van der Waals surface area contributed by atoms with E-state index in [9.17, 15) is 4.79 Å². The fraction of sp³-hybridized carbons (Fsp3) is 0.375. The molecule has 1 saturated heterocycles. The minimum atomic E-state index is 0.0757. The third-order valence-corrected chi connectivity index (χ3v) is 5.08. The van der Waals surface area contributed by atoms with Gasteiger partial charge in [-0.2, -0.15) is 0 Å². The number of nitrogens with zero attached hydrogens (tertiary/aromatic N) is 3. The highest BCUT2D eigenvalue weighted by molar-refractivity contribution is 9.10. The molecular weight excluding hydrogens is 362 g/mol. The van der Waals surface area contributed by atoms with Crippen molar-refractivity contribution in [2.24, 2.45) is 0 Å². The number of thiophene rings is 1. The van der Waals surface area contributed by atoms with Crippen molar-refractivity contribution in [3.05, 3.63) is 50.9 Å². The standard InChI is InChI=1S/C16H18BrN3OS/c17-14-9-13(10-18-11-14)16(21)20-5-2-4-19(6-7-20)12-15-3-1-8-22-15/h1,3,8-11H,2,4-7,12H2. The number of carbonyl (C=O) groups is 1. The fourth-order valence-electron chi connectivity index (χ4n) is 2.67. The molecule has 0 aliphatic carbocycles. The lowest BCUT2D eigenvalue weighted by Gasteiger charge is -2.21. The van der Waals surface area contributed by atoms with Gasteiger partial charge in [0.1, 0.15) is 0 Å². The normalized spacial score (nSPS) is 16.5. The van der Waals surface area contributed by atoms with E-state index in [1.54, 1.807) is 23.7 Å². The van der Waals surface area contributed by atoms with Crippen LogP contribution in [0, 0.1) is 0 Å². The molecule has 0 bridgehead atoms. The largest absolute Gasteiger partial charge is 0.337 e. The van der Waals surface area contributed by atoms with Crippen molar-refractivity contribution in [1.82, 2.24) is 14.8 Å². The van der Waals surface area contributed by atoms with E-state index in [0.29, 0.717) is 5.56 Å². The van der Waals surface area contributed by atoms with Gasteiger partial charge in [0.15, 0.2) is 0 Å². The molecule has 6 heteroatoms. The van der Waals surface area contributed by atoms with Crippen LogP contribution in [0.3, 0.4) is 0 Å². The van der Waals surface area contributed by atoms with Gasteiger partial charge in [-0.3, -0.25) is 14.7 Å². The van der Waals surface area contributed by atoms with E-state index >= 15 is 0 Å². The Morgan fingerprint density at radius 3 is 2.95 bits per heavy atom. The summed E-state index contributed by atoms with van der Waals surface area (Å²) in [5, 5.41) is 2.11. The maximum absolute atomic E-state index is 12.6. The molecule has 1 aliphatic heterocycles. The Morgan fingerprint density at radius 2 is 2.18 bits per heavy atom. The quantitative estimate of drug-likeness (QED) is 0.820. The molecule has 0 N–H and O–H groups in total. The monoisotopic (exact) mass is 379 g/mol. The van der Waals surface area contributed by atoms with Gasteiger partial charge in [-0.25, -0.2) is 0 Å². The molecule has 0 unspecified atom stereocenters. The number of carbonyl (C=O) groups excluding carboxylic acids is 1. The number of hydrogen-bond donors (Lipinski definition) is 0. The van der Waals surface area contributed by atoms with Gasteiger partial charge >= 0.3 is 0 Å². The highest BCUT2D eigenvalue weighted by Crippen LogP contribution is 2.16. The summed E-state index contributed by atoms with van der Waals surface area (Å²) in [6.45, 7) is 4.53. The summed E-state index contributed by atoms with van der Waals surface area (Å²) in [4.78, 5) is 22.4. The topological polar surface area (TPSA) is 36.4 Å². The Labute approximate surface area is 142 Å². The first kappa shape index (κ1) is 15.6. The maximum atomic E-state index is 12.6. The lowest BCUT2D eigenvalue weighted by molar-refractivity contribution is 0.0760. The van der Waals surface area contributed by atoms with E-state index in [-0.39, 0.29) is 5.91 Å². The van der Waals surface area contributed by atoms with Crippen LogP contribution >= 0.6 is 27.3 Å². The number of rotatable bonds is 3. The molecule has 2 aromatic rings. The van der Waals surface area contributed by atoms with Crippen LogP contribution in [0.2, 0.25) is 0 Å². The SMILES string of the molecule is O=C(c1cncc(Br)c1)N1CCCN(Cc2cccs2)CC1. The van der Waals surface area contributed by atoms with Crippen LogP contribution in [0.25, 0.3) is 0 Å². The molecule has 0 aromatic carbocycles. The van der Waals surface area contributed by atoms with Gasteiger partial charge in [-0.05, 0) is 39.9 Å². The number of amides is 1. The Balaban J connectivity index is 1.61. The summed E-state index contributed by atoms with van der Waals surface area (Å²) in [5.74, 6) is 0.0757. The summed E-state index contributed by atoms with van der Waals surface area (Å²) in [5.41, 5.74) is 0.654. The molecule has 0 radical (unpaired) electrons. The van der Waals surface area contributed by atoms with Crippen LogP contribution in [0.4, 0.5) is 0 Å². The van der Waals surface area contributed by atoms with Crippen LogP contribution in [0.15, 0.2) is 40.4 Å². The van der Waals surface area contributed by atoms with Gasteiger partial charge in [-0.1, -0.05) is 6.07 Å². The molecule has 0 saturated carbocycles. The maximum Gasteiger partial charge on any atom is 0.255 e. The van der Waals surface area contributed by atoms with Gasteiger partial charge in [-0.15, -0.1) is 11.3 Å². The Morgan fingerprint density at radius 1 is 1.27 bits per heavy atom. The van der Waals surface area contributed by atoms with Gasteiger partial charge in [0.05, 0.1) is 5.56 Å². The average molecular weight is 380 g/mol. The molecule has 3 heterocycles. The third-order valence-electron chi connectivity index (χ3n) is 3.79. The summed E-state index contributed by atoms with van der Waals surface area (Å²) in [6, 6.07) is 6.10. The zero-order chi connectivity index (χ0) is 15.4. The lowest BCUT2D eigenvalue weighted by Crippen LogP contribution is -2.35. The van der Waals surface area contributed by atoms with Crippen LogP contribution < -0.4 is 0 Å². The van der Waals surface area contributed by atoms with E-state index in [1.165, 1.54) is 4.88 Å². The predicted octanol–water partition coefficient (Wildman–Crippen LogP) is 3.25. The smallest absolute Gasteiger partial charge is 0.255 e. The van der Waals surface area contributed by atoms with E-state index in [0.717, 1.165) is 43.6 Å². The van der Waals surface area contributed by atoms with E-state index in [1.807, 2.05) is 11.0 Å². The second kappa shape index (κ2) is 7.35. The number of halogens is 1. The summed E-state index contributed by atoms with van der Waals surface area (Å²) >= 11 is 5.17. The zero-order valence-electron chi connectivity index (χ0n) is 12.2. The Kier molecular flexibility index (Phi) is 5.23. The Hall–Kier alpha value is -1.24. The molecule has 4 nitrogen and oxygen atoms in total. The van der Waals surface area contributed by atoms with Crippen LogP contribution in [-0.4, -0.2) is 46.9 Å². The second-order valence-corrected chi connectivity index (χ2v) is 7.34. The molecule has 1 fully saturated rings. The first-order valence-corrected chi connectivity index (χ1v) is 9.04. The fourth-order valence-corrected chi connectivity index (χ4v) is 3.78. The minimum absolute atomic E-state index is 0.0757. The molecule has 3 rings (SSSR count). The van der Waals surface area contributed by atoms with Crippen molar-refractivity contribution >= 4 is 33.2 Å². The molecule has 0 atom stereocenters. The molecule has 2 aromatic heterocycles. The van der Waals surface area contributed by atoms with E-state index < -0.39 is 0 Å². The molecule has 1 amide bonds. The summed E-state index contributed by atoms with van der Waals surface area (Å²) < 4.78 is 0.840. The van der Waals surface area contributed by atoms with Crippen molar-refractivity contribution < 1.29 is 4.79 Å². The van der Waals surface area contributed by atoms with Gasteiger partial charge in [0.25, 0.3) is 5.91 Å². The van der Waals surface area contributed by atoms with Crippen molar-refractivity contribution in [1.29, 1.82) is 0 Å². The molecule has 0 spiro atoms. The van der Waals surface area contributed by atoms with E-state index in [2.05, 4.69) is 43.3 Å². The molecule has 116 valence electrons. The number of aromatic nitrogens is 1.